The highest BCUT2D eigenvalue weighted by molar-refractivity contribution is 14.0. The van der Waals surface area contributed by atoms with Gasteiger partial charge in [0.05, 0.1) is 0 Å². The molecule has 1 fully saturated rings. The molecule has 0 bridgehead atoms. The largest absolute Gasteiger partial charge is 0.356 e. The summed E-state index contributed by atoms with van der Waals surface area (Å²) in [5.74, 6) is 0.786. The summed E-state index contributed by atoms with van der Waals surface area (Å²) in [5.41, 5.74) is 3.27. The summed E-state index contributed by atoms with van der Waals surface area (Å²) in [4.78, 5) is 17.9. The van der Waals surface area contributed by atoms with Crippen molar-refractivity contribution < 1.29 is 4.79 Å². The number of rotatable bonds is 6. The van der Waals surface area contributed by atoms with Gasteiger partial charge in [-0.15, -0.1) is 24.0 Å². The molecule has 0 atom stereocenters. The number of carbonyl (C=O) groups is 1. The van der Waals surface area contributed by atoms with Crippen LogP contribution in [0.1, 0.15) is 40.7 Å². The molecule has 0 saturated heterocycles. The SMILES string of the molecule is CN=C(NCc1ccc(C(=O)N(C)C)cc1)NCC1(c2ccc(Cl)cc2)CCC1.I. The molecule has 7 heteroatoms. The molecule has 0 radical (unpaired) electrons. The maximum absolute atomic E-state index is 12.0. The normalized spacial score (nSPS) is 14.9. The summed E-state index contributed by atoms with van der Waals surface area (Å²) >= 11 is 6.05. The third kappa shape index (κ3) is 5.88. The van der Waals surface area contributed by atoms with Crippen LogP contribution in [0.3, 0.4) is 0 Å². The van der Waals surface area contributed by atoms with Gasteiger partial charge in [-0.05, 0) is 48.2 Å². The molecule has 5 nitrogen and oxygen atoms in total. The van der Waals surface area contributed by atoms with Crippen LogP contribution in [0.15, 0.2) is 53.5 Å². The van der Waals surface area contributed by atoms with Crippen LogP contribution >= 0.6 is 35.6 Å². The molecule has 0 aliphatic heterocycles. The maximum Gasteiger partial charge on any atom is 0.253 e. The molecule has 0 aromatic heterocycles. The van der Waals surface area contributed by atoms with Gasteiger partial charge < -0.3 is 15.5 Å². The van der Waals surface area contributed by atoms with Crippen molar-refractivity contribution in [1.82, 2.24) is 15.5 Å². The van der Waals surface area contributed by atoms with Gasteiger partial charge in [-0.3, -0.25) is 9.79 Å². The number of nitrogens with one attached hydrogen (secondary N) is 2. The van der Waals surface area contributed by atoms with E-state index >= 15 is 0 Å². The van der Waals surface area contributed by atoms with Crippen molar-refractivity contribution in [1.29, 1.82) is 0 Å². The Morgan fingerprint density at radius 3 is 2.20 bits per heavy atom. The summed E-state index contributed by atoms with van der Waals surface area (Å²) in [7, 11) is 5.29. The second-order valence-corrected chi connectivity index (χ2v) is 8.25. The monoisotopic (exact) mass is 540 g/mol. The summed E-state index contributed by atoms with van der Waals surface area (Å²) in [6.07, 6.45) is 3.58. The standard InChI is InChI=1S/C23H29ClN4O.HI/c1-25-22(26-15-17-5-7-18(8-6-17)21(29)28(2)3)27-16-23(13-4-14-23)19-9-11-20(24)12-10-19;/h5-12H,4,13-16H2,1-3H3,(H2,25,26,27);1H. The molecular formula is C23H30ClIN4O. The minimum Gasteiger partial charge on any atom is -0.356 e. The lowest BCUT2D eigenvalue weighted by Gasteiger charge is -2.43. The van der Waals surface area contributed by atoms with Crippen LogP contribution < -0.4 is 10.6 Å². The first-order valence-corrected chi connectivity index (χ1v) is 10.3. The van der Waals surface area contributed by atoms with E-state index in [0.29, 0.717) is 12.1 Å². The minimum atomic E-state index is 0. The average Bonchev–Trinajstić information content (AvgIpc) is 2.70. The predicted octanol–water partition coefficient (Wildman–Crippen LogP) is 4.45. The van der Waals surface area contributed by atoms with Crippen molar-refractivity contribution in [3.05, 3.63) is 70.2 Å². The first-order valence-electron chi connectivity index (χ1n) is 9.95. The lowest BCUT2D eigenvalue weighted by atomic mass is 9.64. The molecule has 0 heterocycles. The number of aliphatic imine (C=N–C) groups is 1. The van der Waals surface area contributed by atoms with E-state index in [4.69, 9.17) is 11.6 Å². The molecule has 3 rings (SSSR count). The molecule has 0 spiro atoms. The number of hydrogen-bond donors (Lipinski definition) is 2. The van der Waals surface area contributed by atoms with E-state index in [1.807, 2.05) is 36.4 Å². The van der Waals surface area contributed by atoms with Gasteiger partial charge in [-0.2, -0.15) is 0 Å². The number of carbonyl (C=O) groups excluding carboxylic acids is 1. The van der Waals surface area contributed by atoms with Crippen LogP contribution in [-0.2, 0) is 12.0 Å². The van der Waals surface area contributed by atoms with E-state index in [1.165, 1.54) is 24.8 Å². The highest BCUT2D eigenvalue weighted by Crippen LogP contribution is 2.43. The van der Waals surface area contributed by atoms with Gasteiger partial charge in [0.1, 0.15) is 0 Å². The lowest BCUT2D eigenvalue weighted by Crippen LogP contribution is -2.48. The van der Waals surface area contributed by atoms with Crippen molar-refractivity contribution in [3.8, 4) is 0 Å². The Balaban J connectivity index is 0.00000320. The molecule has 2 aromatic carbocycles. The van der Waals surface area contributed by atoms with E-state index in [2.05, 4.69) is 27.8 Å². The number of guanidine groups is 1. The Labute approximate surface area is 201 Å². The molecule has 2 N–H and O–H groups in total. The molecule has 1 amide bonds. The molecular weight excluding hydrogens is 511 g/mol. The Hall–Kier alpha value is -1.80. The summed E-state index contributed by atoms with van der Waals surface area (Å²) < 4.78 is 0. The number of halogens is 2. The quantitative estimate of drug-likeness (QED) is 0.323. The number of amides is 1. The van der Waals surface area contributed by atoms with E-state index < -0.39 is 0 Å². The molecule has 0 unspecified atom stereocenters. The topological polar surface area (TPSA) is 56.7 Å². The Bertz CT molecular complexity index is 862. The highest BCUT2D eigenvalue weighted by atomic mass is 127. The number of nitrogens with zero attached hydrogens (tertiary/aromatic N) is 2. The molecule has 1 aliphatic carbocycles. The second-order valence-electron chi connectivity index (χ2n) is 7.82. The van der Waals surface area contributed by atoms with Crippen LogP contribution in [0.5, 0.6) is 0 Å². The van der Waals surface area contributed by atoms with E-state index in [1.54, 1.807) is 26.0 Å². The predicted molar refractivity (Wildman–Crippen MR) is 135 cm³/mol. The van der Waals surface area contributed by atoms with Crippen LogP contribution in [0.25, 0.3) is 0 Å². The van der Waals surface area contributed by atoms with Crippen molar-refractivity contribution >= 4 is 47.4 Å². The van der Waals surface area contributed by atoms with Crippen molar-refractivity contribution in [2.24, 2.45) is 4.99 Å². The van der Waals surface area contributed by atoms with E-state index in [0.717, 1.165) is 23.1 Å². The fourth-order valence-electron chi connectivity index (χ4n) is 3.66. The van der Waals surface area contributed by atoms with E-state index in [9.17, 15) is 4.79 Å². The Morgan fingerprint density at radius 2 is 1.70 bits per heavy atom. The van der Waals surface area contributed by atoms with Gasteiger partial charge >= 0.3 is 0 Å². The van der Waals surface area contributed by atoms with Gasteiger partial charge in [0, 0.05) is 50.2 Å². The van der Waals surface area contributed by atoms with Crippen LogP contribution in [-0.4, -0.2) is 44.5 Å². The van der Waals surface area contributed by atoms with Crippen LogP contribution in [0, 0.1) is 0 Å². The van der Waals surface area contributed by atoms with Gasteiger partial charge in [-0.1, -0.05) is 42.3 Å². The first kappa shape index (κ1) is 24.5. The van der Waals surface area contributed by atoms with E-state index in [-0.39, 0.29) is 35.3 Å². The Morgan fingerprint density at radius 1 is 1.07 bits per heavy atom. The van der Waals surface area contributed by atoms with Crippen LogP contribution in [0.2, 0.25) is 5.02 Å². The molecule has 162 valence electrons. The van der Waals surface area contributed by atoms with Crippen molar-refractivity contribution in [2.45, 2.75) is 31.2 Å². The fourth-order valence-corrected chi connectivity index (χ4v) is 3.78. The zero-order valence-electron chi connectivity index (χ0n) is 17.7. The average molecular weight is 541 g/mol. The zero-order valence-corrected chi connectivity index (χ0v) is 20.8. The van der Waals surface area contributed by atoms with Gasteiger partial charge in [0.2, 0.25) is 0 Å². The first-order chi connectivity index (χ1) is 13.9. The minimum absolute atomic E-state index is 0. The van der Waals surface area contributed by atoms with Crippen molar-refractivity contribution in [3.63, 3.8) is 0 Å². The van der Waals surface area contributed by atoms with Crippen LogP contribution in [0.4, 0.5) is 0 Å². The third-order valence-electron chi connectivity index (χ3n) is 5.65. The molecule has 2 aromatic rings. The number of benzene rings is 2. The Kier molecular flexibility index (Phi) is 8.97. The summed E-state index contributed by atoms with van der Waals surface area (Å²) in [5, 5.41) is 7.62. The smallest absolute Gasteiger partial charge is 0.253 e. The maximum atomic E-state index is 12.0. The highest BCUT2D eigenvalue weighted by Gasteiger charge is 2.38. The summed E-state index contributed by atoms with van der Waals surface area (Å²) in [6, 6.07) is 15.9. The zero-order chi connectivity index (χ0) is 20.9. The number of hydrogen-bond acceptors (Lipinski definition) is 2. The molecule has 1 aliphatic rings. The third-order valence-corrected chi connectivity index (χ3v) is 5.90. The van der Waals surface area contributed by atoms with Gasteiger partial charge in [0.25, 0.3) is 5.91 Å². The van der Waals surface area contributed by atoms with Gasteiger partial charge in [0.15, 0.2) is 5.96 Å². The van der Waals surface area contributed by atoms with Crippen molar-refractivity contribution in [2.75, 3.05) is 27.7 Å². The fraction of sp³-hybridized carbons (Fsp3) is 0.391. The van der Waals surface area contributed by atoms with Gasteiger partial charge in [-0.25, -0.2) is 0 Å². The second kappa shape index (κ2) is 11.0. The lowest BCUT2D eigenvalue weighted by molar-refractivity contribution is 0.0827. The molecule has 1 saturated carbocycles. The molecule has 30 heavy (non-hydrogen) atoms. The summed E-state index contributed by atoms with van der Waals surface area (Å²) in [6.45, 7) is 1.48.